The highest BCUT2D eigenvalue weighted by molar-refractivity contribution is 6.39. The van der Waals surface area contributed by atoms with Crippen molar-refractivity contribution in [2.45, 2.75) is 13.1 Å². The Morgan fingerprint density at radius 1 is 0.778 bits per heavy atom. The van der Waals surface area contributed by atoms with E-state index in [-0.39, 0.29) is 11.8 Å². The van der Waals surface area contributed by atoms with Crippen LogP contribution in [0.15, 0.2) is 66.7 Å². The number of rotatable bonds is 2. The molecular formula is C29H20N4O3. The molecule has 36 heavy (non-hydrogen) atoms. The van der Waals surface area contributed by atoms with E-state index in [1.165, 1.54) is 5.56 Å². The molecule has 2 aliphatic heterocycles. The lowest BCUT2D eigenvalue weighted by atomic mass is 9.96. The van der Waals surface area contributed by atoms with Gasteiger partial charge in [0.25, 0.3) is 11.8 Å². The molecule has 4 heterocycles. The van der Waals surface area contributed by atoms with Crippen LogP contribution < -0.4 is 15.4 Å². The molecular weight excluding hydrogens is 452 g/mol. The molecule has 0 fully saturated rings. The Labute approximate surface area is 204 Å². The van der Waals surface area contributed by atoms with E-state index in [1.807, 2.05) is 54.6 Å². The van der Waals surface area contributed by atoms with E-state index in [4.69, 9.17) is 4.74 Å². The molecule has 0 saturated heterocycles. The maximum Gasteiger partial charge on any atom is 0.259 e. The van der Waals surface area contributed by atoms with Gasteiger partial charge in [-0.25, -0.2) is 0 Å². The van der Waals surface area contributed by atoms with Gasteiger partial charge in [0, 0.05) is 46.7 Å². The van der Waals surface area contributed by atoms with E-state index in [9.17, 15) is 9.59 Å². The summed E-state index contributed by atoms with van der Waals surface area (Å²) in [5.41, 5.74) is 5.91. The third-order valence-electron chi connectivity index (χ3n) is 7.41. The number of carbonyl (C=O) groups excluding carboxylic acids is 2. The summed E-state index contributed by atoms with van der Waals surface area (Å²) in [5, 5.41) is 9.51. The Morgan fingerprint density at radius 2 is 1.61 bits per heavy atom. The minimum absolute atomic E-state index is 0.340. The van der Waals surface area contributed by atoms with Crippen molar-refractivity contribution in [3.8, 4) is 11.5 Å². The molecule has 0 bridgehead atoms. The summed E-state index contributed by atoms with van der Waals surface area (Å²) in [4.78, 5) is 30.0. The standard InChI is InChI=1S/C29H20N4O3/c34-28-23-21-19-13-17(36-16-6-2-1-3-7-16)9-10-20(19)31-25(21)27-22(24(23)29(35)32-28)18-8-4-5-15-14-30-11-12-33(27)26(15)18/h1-10,13,30-31H,11-12,14H2,(H,32,34,35). The zero-order valence-corrected chi connectivity index (χ0v) is 19.1. The van der Waals surface area contributed by atoms with Crippen molar-refractivity contribution in [2.75, 3.05) is 6.54 Å². The number of benzene rings is 4. The Hall–Kier alpha value is -4.62. The average Bonchev–Trinajstić information content (AvgIpc) is 3.45. The second kappa shape index (κ2) is 6.96. The van der Waals surface area contributed by atoms with Gasteiger partial charge in [0.15, 0.2) is 0 Å². The average molecular weight is 473 g/mol. The molecule has 0 unspecified atom stereocenters. The minimum Gasteiger partial charge on any atom is -0.457 e. The number of nitrogens with zero attached hydrogens (tertiary/aromatic N) is 1. The van der Waals surface area contributed by atoms with Gasteiger partial charge in [-0.1, -0.05) is 36.4 Å². The fourth-order valence-electron chi connectivity index (χ4n) is 6.01. The van der Waals surface area contributed by atoms with Crippen LogP contribution in [0.2, 0.25) is 0 Å². The van der Waals surface area contributed by atoms with Crippen molar-refractivity contribution < 1.29 is 14.3 Å². The van der Waals surface area contributed by atoms with Crippen LogP contribution in [0, 0.1) is 0 Å². The molecule has 7 heteroatoms. The van der Waals surface area contributed by atoms with Gasteiger partial charge >= 0.3 is 0 Å². The van der Waals surface area contributed by atoms with Crippen LogP contribution in [0.3, 0.4) is 0 Å². The lowest BCUT2D eigenvalue weighted by Crippen LogP contribution is -2.20. The molecule has 2 amide bonds. The Bertz CT molecular complexity index is 1930. The second-order valence-corrected chi connectivity index (χ2v) is 9.40. The second-order valence-electron chi connectivity index (χ2n) is 9.40. The zero-order chi connectivity index (χ0) is 24.0. The number of ether oxygens (including phenoxy) is 1. The van der Waals surface area contributed by atoms with Crippen LogP contribution >= 0.6 is 0 Å². The molecule has 6 aromatic rings. The van der Waals surface area contributed by atoms with Crippen molar-refractivity contribution in [2.24, 2.45) is 0 Å². The quantitative estimate of drug-likeness (QED) is 0.302. The van der Waals surface area contributed by atoms with Gasteiger partial charge in [-0.2, -0.15) is 0 Å². The third-order valence-corrected chi connectivity index (χ3v) is 7.41. The third kappa shape index (κ3) is 2.50. The number of nitrogens with one attached hydrogen (secondary N) is 3. The highest BCUT2D eigenvalue weighted by atomic mass is 16.5. The number of hydrogen-bond donors (Lipinski definition) is 3. The molecule has 174 valence electrons. The van der Waals surface area contributed by atoms with Crippen LogP contribution in [0.1, 0.15) is 26.3 Å². The molecule has 0 spiro atoms. The molecule has 0 saturated carbocycles. The van der Waals surface area contributed by atoms with Crippen LogP contribution in [0.25, 0.3) is 43.6 Å². The van der Waals surface area contributed by atoms with Crippen LogP contribution in [-0.2, 0) is 13.1 Å². The molecule has 8 rings (SSSR count). The number of aromatic nitrogens is 2. The number of imide groups is 1. The first kappa shape index (κ1) is 19.7. The molecule has 2 aromatic heterocycles. The first-order valence-electron chi connectivity index (χ1n) is 12.0. The van der Waals surface area contributed by atoms with Gasteiger partial charge in [0.2, 0.25) is 0 Å². The number of fused-ring (bicyclic) bond motifs is 10. The van der Waals surface area contributed by atoms with Gasteiger partial charge in [-0.3, -0.25) is 14.9 Å². The lowest BCUT2D eigenvalue weighted by Gasteiger charge is -2.08. The minimum atomic E-state index is -0.358. The molecule has 3 N–H and O–H groups in total. The molecule has 0 radical (unpaired) electrons. The van der Waals surface area contributed by atoms with Crippen molar-refractivity contribution >= 4 is 55.4 Å². The largest absolute Gasteiger partial charge is 0.457 e. The number of para-hydroxylation sites is 2. The highest BCUT2D eigenvalue weighted by Crippen LogP contribution is 2.45. The van der Waals surface area contributed by atoms with Crippen molar-refractivity contribution in [1.29, 1.82) is 0 Å². The monoisotopic (exact) mass is 472 g/mol. The van der Waals surface area contributed by atoms with Gasteiger partial charge in [0.05, 0.1) is 27.7 Å². The Balaban J connectivity index is 1.54. The maximum atomic E-state index is 13.2. The topological polar surface area (TPSA) is 88.2 Å². The Morgan fingerprint density at radius 3 is 2.47 bits per heavy atom. The van der Waals surface area contributed by atoms with Crippen LogP contribution in [0.4, 0.5) is 0 Å². The Kier molecular flexibility index (Phi) is 3.80. The predicted molar refractivity (Wildman–Crippen MR) is 139 cm³/mol. The number of H-pyrrole nitrogens is 1. The summed E-state index contributed by atoms with van der Waals surface area (Å²) in [6.45, 7) is 2.34. The predicted octanol–water partition coefficient (Wildman–Crippen LogP) is 5.21. The van der Waals surface area contributed by atoms with Crippen LogP contribution in [0.5, 0.6) is 11.5 Å². The van der Waals surface area contributed by atoms with Gasteiger partial charge in [-0.15, -0.1) is 0 Å². The lowest BCUT2D eigenvalue weighted by molar-refractivity contribution is 0.0880. The smallest absolute Gasteiger partial charge is 0.259 e. The van der Waals surface area contributed by atoms with E-state index in [1.54, 1.807) is 0 Å². The molecule has 0 atom stereocenters. The van der Waals surface area contributed by atoms with Gasteiger partial charge in [-0.05, 0) is 35.9 Å². The number of hydrogen-bond acceptors (Lipinski definition) is 4. The summed E-state index contributed by atoms with van der Waals surface area (Å²) in [5.74, 6) is 0.699. The van der Waals surface area contributed by atoms with Crippen molar-refractivity contribution in [1.82, 2.24) is 20.2 Å². The summed E-state index contributed by atoms with van der Waals surface area (Å²) >= 11 is 0. The number of aromatic amines is 1. The zero-order valence-electron chi connectivity index (χ0n) is 19.1. The number of carbonyl (C=O) groups is 2. The van der Waals surface area contributed by atoms with Crippen molar-refractivity contribution in [3.05, 3.63) is 83.4 Å². The first-order chi connectivity index (χ1) is 17.7. The SMILES string of the molecule is O=C1NC(=O)c2c1c1c3cc(Oc4ccccc4)ccc3[nH]c1c1c2c2cccc3c2n1CCNC3. The number of amides is 2. The fraction of sp³-hybridized carbons (Fsp3) is 0.103. The fourth-order valence-corrected chi connectivity index (χ4v) is 6.01. The normalized spacial score (nSPS) is 15.1. The van der Waals surface area contributed by atoms with E-state index in [2.05, 4.69) is 32.3 Å². The molecule has 7 nitrogen and oxygen atoms in total. The molecule has 4 aromatic carbocycles. The van der Waals surface area contributed by atoms with E-state index in [0.717, 1.165) is 69.0 Å². The van der Waals surface area contributed by atoms with E-state index < -0.39 is 0 Å². The summed E-state index contributed by atoms with van der Waals surface area (Å²) < 4.78 is 8.40. The summed E-state index contributed by atoms with van der Waals surface area (Å²) in [7, 11) is 0. The van der Waals surface area contributed by atoms with Crippen molar-refractivity contribution in [3.63, 3.8) is 0 Å². The van der Waals surface area contributed by atoms with E-state index >= 15 is 0 Å². The molecule has 0 aliphatic carbocycles. The molecule has 2 aliphatic rings. The van der Waals surface area contributed by atoms with Gasteiger partial charge < -0.3 is 19.6 Å². The summed E-state index contributed by atoms with van der Waals surface area (Å²) in [6, 6.07) is 21.6. The highest BCUT2D eigenvalue weighted by Gasteiger charge is 2.36. The first-order valence-corrected chi connectivity index (χ1v) is 12.0. The van der Waals surface area contributed by atoms with E-state index in [0.29, 0.717) is 16.9 Å². The summed E-state index contributed by atoms with van der Waals surface area (Å²) in [6.07, 6.45) is 0. The van der Waals surface area contributed by atoms with Crippen LogP contribution in [-0.4, -0.2) is 27.9 Å². The maximum absolute atomic E-state index is 13.2. The van der Waals surface area contributed by atoms with Gasteiger partial charge in [0.1, 0.15) is 11.5 Å².